The van der Waals surface area contributed by atoms with Gasteiger partial charge >= 0.3 is 5.97 Å². The second-order valence-corrected chi connectivity index (χ2v) is 5.23. The van der Waals surface area contributed by atoms with Crippen molar-refractivity contribution >= 4 is 11.9 Å². The van der Waals surface area contributed by atoms with Gasteiger partial charge in [0.25, 0.3) is 0 Å². The number of hydrogen-bond acceptors (Lipinski definition) is 4. The Bertz CT molecular complexity index is 328. The molecule has 2 fully saturated rings. The summed E-state index contributed by atoms with van der Waals surface area (Å²) in [5.74, 6) is -0.186. The van der Waals surface area contributed by atoms with Gasteiger partial charge in [0, 0.05) is 6.04 Å². The SMILES string of the molecule is COC(=O)[C@H]1CCCCN1C(C)C(=O)NC1CC1. The fourth-order valence-corrected chi connectivity index (χ4v) is 2.51. The third-order valence-corrected chi connectivity index (χ3v) is 3.82. The summed E-state index contributed by atoms with van der Waals surface area (Å²) < 4.78 is 4.83. The van der Waals surface area contributed by atoms with E-state index in [0.29, 0.717) is 6.04 Å². The molecule has 102 valence electrons. The van der Waals surface area contributed by atoms with Crippen molar-refractivity contribution in [1.82, 2.24) is 10.2 Å². The second kappa shape index (κ2) is 5.69. The average molecular weight is 254 g/mol. The molecular weight excluding hydrogens is 232 g/mol. The van der Waals surface area contributed by atoms with Crippen molar-refractivity contribution in [3.63, 3.8) is 0 Å². The molecule has 1 unspecified atom stereocenters. The van der Waals surface area contributed by atoms with E-state index in [9.17, 15) is 9.59 Å². The smallest absolute Gasteiger partial charge is 0.323 e. The van der Waals surface area contributed by atoms with Gasteiger partial charge in [-0.3, -0.25) is 14.5 Å². The maximum Gasteiger partial charge on any atom is 0.323 e. The quantitative estimate of drug-likeness (QED) is 0.750. The van der Waals surface area contributed by atoms with Crippen LogP contribution in [0.2, 0.25) is 0 Å². The van der Waals surface area contributed by atoms with Crippen molar-refractivity contribution in [3.05, 3.63) is 0 Å². The first-order valence-corrected chi connectivity index (χ1v) is 6.77. The minimum absolute atomic E-state index is 0.0355. The molecule has 1 saturated carbocycles. The fraction of sp³-hybridized carbons (Fsp3) is 0.846. The number of likely N-dealkylation sites (tertiary alicyclic amines) is 1. The number of esters is 1. The van der Waals surface area contributed by atoms with Gasteiger partial charge in [-0.25, -0.2) is 0 Å². The fourth-order valence-electron chi connectivity index (χ4n) is 2.51. The Morgan fingerprint density at radius 3 is 2.61 bits per heavy atom. The van der Waals surface area contributed by atoms with Crippen LogP contribution in [-0.2, 0) is 14.3 Å². The summed E-state index contributed by atoms with van der Waals surface area (Å²) in [6.07, 6.45) is 5.01. The number of methoxy groups -OCH3 is 1. The number of amides is 1. The van der Waals surface area contributed by atoms with Crippen molar-refractivity contribution in [3.8, 4) is 0 Å². The van der Waals surface area contributed by atoms with Gasteiger partial charge < -0.3 is 10.1 Å². The predicted molar refractivity (Wildman–Crippen MR) is 67.0 cm³/mol. The molecule has 0 aromatic rings. The van der Waals surface area contributed by atoms with Crippen LogP contribution in [0.3, 0.4) is 0 Å². The molecule has 5 heteroatoms. The number of piperidine rings is 1. The van der Waals surface area contributed by atoms with E-state index >= 15 is 0 Å². The zero-order valence-electron chi connectivity index (χ0n) is 11.1. The topological polar surface area (TPSA) is 58.6 Å². The van der Waals surface area contributed by atoms with Crippen LogP contribution in [-0.4, -0.2) is 48.6 Å². The summed E-state index contributed by atoms with van der Waals surface area (Å²) in [5.41, 5.74) is 0. The van der Waals surface area contributed by atoms with Crippen molar-refractivity contribution in [2.45, 2.75) is 57.2 Å². The van der Waals surface area contributed by atoms with Crippen LogP contribution in [0.15, 0.2) is 0 Å². The first kappa shape index (κ1) is 13.3. The molecule has 1 heterocycles. The van der Waals surface area contributed by atoms with Gasteiger partial charge in [-0.1, -0.05) is 6.42 Å². The zero-order chi connectivity index (χ0) is 13.1. The number of carbonyl (C=O) groups excluding carboxylic acids is 2. The minimum Gasteiger partial charge on any atom is -0.468 e. The Balaban J connectivity index is 1.97. The lowest BCUT2D eigenvalue weighted by atomic mass is 10.00. The Labute approximate surface area is 108 Å². The summed E-state index contributed by atoms with van der Waals surface area (Å²) in [7, 11) is 1.41. The van der Waals surface area contributed by atoms with Crippen LogP contribution in [0.4, 0.5) is 0 Å². The summed E-state index contributed by atoms with van der Waals surface area (Å²) in [5, 5.41) is 3.00. The molecule has 1 aliphatic heterocycles. The lowest BCUT2D eigenvalue weighted by molar-refractivity contribution is -0.150. The highest BCUT2D eigenvalue weighted by Gasteiger charge is 2.36. The highest BCUT2D eigenvalue weighted by molar-refractivity contribution is 5.83. The summed E-state index contributed by atoms with van der Waals surface area (Å²) >= 11 is 0. The average Bonchev–Trinajstić information content (AvgIpc) is 3.20. The van der Waals surface area contributed by atoms with E-state index in [1.165, 1.54) is 7.11 Å². The standard InChI is InChI=1S/C13H22N2O3/c1-9(12(16)14-10-6-7-10)15-8-4-3-5-11(15)13(17)18-2/h9-11H,3-8H2,1-2H3,(H,14,16)/t9?,11-/m1/s1. The van der Waals surface area contributed by atoms with Crippen LogP contribution >= 0.6 is 0 Å². The van der Waals surface area contributed by atoms with Crippen molar-refractivity contribution < 1.29 is 14.3 Å². The van der Waals surface area contributed by atoms with Gasteiger partial charge in [0.05, 0.1) is 13.2 Å². The molecule has 1 saturated heterocycles. The molecule has 0 aromatic carbocycles. The van der Waals surface area contributed by atoms with Gasteiger partial charge in [-0.2, -0.15) is 0 Å². The normalized spacial score (nSPS) is 26.4. The van der Waals surface area contributed by atoms with Crippen molar-refractivity contribution in [2.24, 2.45) is 0 Å². The molecule has 1 aliphatic carbocycles. The first-order chi connectivity index (χ1) is 8.63. The van der Waals surface area contributed by atoms with Gasteiger partial charge in [0.1, 0.15) is 6.04 Å². The summed E-state index contributed by atoms with van der Waals surface area (Å²) in [4.78, 5) is 25.8. The van der Waals surface area contributed by atoms with E-state index < -0.39 is 0 Å². The van der Waals surface area contributed by atoms with Gasteiger partial charge in [0.15, 0.2) is 0 Å². The lowest BCUT2D eigenvalue weighted by Crippen LogP contribution is -2.54. The molecule has 1 N–H and O–H groups in total. The van der Waals surface area contributed by atoms with Crippen LogP contribution in [0.1, 0.15) is 39.0 Å². The molecule has 0 spiro atoms. The van der Waals surface area contributed by atoms with E-state index in [1.807, 2.05) is 11.8 Å². The third kappa shape index (κ3) is 3.02. The number of nitrogens with zero attached hydrogens (tertiary/aromatic N) is 1. The molecule has 2 atom stereocenters. The highest BCUT2D eigenvalue weighted by atomic mass is 16.5. The minimum atomic E-state index is -0.260. The van der Waals surface area contributed by atoms with Crippen LogP contribution in [0.5, 0.6) is 0 Å². The highest BCUT2D eigenvalue weighted by Crippen LogP contribution is 2.23. The molecule has 18 heavy (non-hydrogen) atoms. The van der Waals surface area contributed by atoms with E-state index in [1.54, 1.807) is 0 Å². The number of hydrogen-bond donors (Lipinski definition) is 1. The summed E-state index contributed by atoms with van der Waals surface area (Å²) in [6.45, 7) is 2.66. The van der Waals surface area contributed by atoms with E-state index in [0.717, 1.165) is 38.6 Å². The number of carbonyl (C=O) groups is 2. The van der Waals surface area contributed by atoms with Crippen LogP contribution < -0.4 is 5.32 Å². The van der Waals surface area contributed by atoms with Gasteiger partial charge in [0.2, 0.25) is 5.91 Å². The zero-order valence-corrected chi connectivity index (χ0v) is 11.1. The molecule has 0 bridgehead atoms. The van der Waals surface area contributed by atoms with Crippen LogP contribution in [0.25, 0.3) is 0 Å². The van der Waals surface area contributed by atoms with Crippen LogP contribution in [0, 0.1) is 0 Å². The monoisotopic (exact) mass is 254 g/mol. The Hall–Kier alpha value is -1.10. The van der Waals surface area contributed by atoms with E-state index in [4.69, 9.17) is 4.74 Å². The molecule has 5 nitrogen and oxygen atoms in total. The van der Waals surface area contributed by atoms with Gasteiger partial charge in [-0.15, -0.1) is 0 Å². The molecule has 1 amide bonds. The molecule has 0 aromatic heterocycles. The largest absolute Gasteiger partial charge is 0.468 e. The Morgan fingerprint density at radius 1 is 1.28 bits per heavy atom. The Kier molecular flexibility index (Phi) is 4.22. The molecular formula is C13H22N2O3. The van der Waals surface area contributed by atoms with Gasteiger partial charge in [-0.05, 0) is 39.2 Å². The molecule has 0 radical (unpaired) electrons. The molecule has 2 rings (SSSR count). The maximum absolute atomic E-state index is 12.0. The van der Waals surface area contributed by atoms with Crippen molar-refractivity contribution in [1.29, 1.82) is 0 Å². The van der Waals surface area contributed by atoms with E-state index in [-0.39, 0.29) is 24.0 Å². The van der Waals surface area contributed by atoms with E-state index in [2.05, 4.69) is 5.32 Å². The third-order valence-electron chi connectivity index (χ3n) is 3.82. The second-order valence-electron chi connectivity index (χ2n) is 5.23. The number of rotatable bonds is 4. The lowest BCUT2D eigenvalue weighted by Gasteiger charge is -2.37. The summed E-state index contributed by atoms with van der Waals surface area (Å²) in [6, 6.07) is -0.153. The predicted octanol–water partition coefficient (Wildman–Crippen LogP) is 0.681. The number of nitrogens with one attached hydrogen (secondary N) is 1. The number of ether oxygens (including phenoxy) is 1. The first-order valence-electron chi connectivity index (χ1n) is 6.77. The molecule has 2 aliphatic rings. The van der Waals surface area contributed by atoms with Crippen molar-refractivity contribution in [2.75, 3.05) is 13.7 Å². The maximum atomic E-state index is 12.0. The Morgan fingerprint density at radius 2 is 2.00 bits per heavy atom.